The topological polar surface area (TPSA) is 57.7 Å². The van der Waals surface area contributed by atoms with Gasteiger partial charge in [-0.2, -0.15) is 0 Å². The summed E-state index contributed by atoms with van der Waals surface area (Å²) in [6, 6.07) is 14.4. The Bertz CT molecular complexity index is 1140. The second-order valence-electron chi connectivity index (χ2n) is 9.99. The molecule has 1 amide bonds. The number of ether oxygens (including phenoxy) is 1. The van der Waals surface area contributed by atoms with Crippen molar-refractivity contribution < 1.29 is 9.53 Å². The highest BCUT2D eigenvalue weighted by Crippen LogP contribution is 2.34. The molecule has 2 aliphatic heterocycles. The van der Waals surface area contributed by atoms with E-state index in [1.54, 1.807) is 11.3 Å². The summed E-state index contributed by atoms with van der Waals surface area (Å²) in [6.07, 6.45) is 4.48. The maximum atomic E-state index is 13.1. The molecule has 3 heterocycles. The van der Waals surface area contributed by atoms with Crippen molar-refractivity contribution in [2.45, 2.75) is 46.1 Å². The molecular formula is C28H36N4O2S. The van der Waals surface area contributed by atoms with Crippen LogP contribution in [0.1, 0.15) is 45.1 Å². The summed E-state index contributed by atoms with van der Waals surface area (Å²) in [5.41, 5.74) is 3.18. The van der Waals surface area contributed by atoms with Gasteiger partial charge in [0.25, 0.3) is 0 Å². The Labute approximate surface area is 212 Å². The van der Waals surface area contributed by atoms with Crippen molar-refractivity contribution in [3.05, 3.63) is 48.0 Å². The lowest BCUT2D eigenvalue weighted by Gasteiger charge is -2.31. The first-order valence-electron chi connectivity index (χ1n) is 13.0. The first-order valence-corrected chi connectivity index (χ1v) is 13.8. The van der Waals surface area contributed by atoms with Crippen LogP contribution in [0, 0.1) is 11.8 Å². The number of carbonyl (C=O) groups is 1. The molecule has 186 valence electrons. The van der Waals surface area contributed by atoms with Gasteiger partial charge in [0.15, 0.2) is 5.13 Å². The van der Waals surface area contributed by atoms with Crippen molar-refractivity contribution in [1.29, 1.82) is 0 Å². The second-order valence-corrected chi connectivity index (χ2v) is 11.0. The van der Waals surface area contributed by atoms with Crippen molar-refractivity contribution in [3.8, 4) is 5.75 Å². The molecule has 35 heavy (non-hydrogen) atoms. The number of amides is 1. The van der Waals surface area contributed by atoms with Crippen molar-refractivity contribution in [2.24, 2.45) is 11.8 Å². The molecule has 2 aliphatic rings. The van der Waals surface area contributed by atoms with E-state index >= 15 is 0 Å². The van der Waals surface area contributed by atoms with E-state index in [0.29, 0.717) is 13.2 Å². The van der Waals surface area contributed by atoms with E-state index in [1.807, 2.05) is 31.2 Å². The number of likely N-dealkylation sites (tertiary alicyclic amines) is 1. The van der Waals surface area contributed by atoms with E-state index in [-0.39, 0.29) is 11.8 Å². The van der Waals surface area contributed by atoms with Crippen LogP contribution in [-0.2, 0) is 11.3 Å². The van der Waals surface area contributed by atoms with Crippen molar-refractivity contribution in [2.75, 3.05) is 43.0 Å². The zero-order chi connectivity index (χ0) is 24.2. The highest BCUT2D eigenvalue weighted by Gasteiger charge is 2.27. The van der Waals surface area contributed by atoms with Crippen LogP contribution in [0.2, 0.25) is 0 Å². The van der Waals surface area contributed by atoms with E-state index in [0.717, 1.165) is 58.6 Å². The molecule has 2 saturated heterocycles. The predicted octanol–water partition coefficient (Wildman–Crippen LogP) is 5.78. The standard InChI is InChI=1S/C28H36N4O2S/c1-3-34-24-10-11-25-26(17-24)35-28(30-25)32-14-4-5-22(19-32)27(33)29-23-8-6-21(7-9-23)18-31-15-12-20(2)13-16-31/h6-11,17,20,22H,3-5,12-16,18-19H2,1-2H3,(H,29,33)/t22-/m1/s1. The van der Waals surface area contributed by atoms with Gasteiger partial charge in [-0.25, -0.2) is 4.98 Å². The fourth-order valence-corrected chi connectivity index (χ4v) is 6.09. The molecule has 0 spiro atoms. The van der Waals surface area contributed by atoms with E-state index in [2.05, 4.69) is 40.2 Å². The number of thiazole rings is 1. The fraction of sp³-hybridized carbons (Fsp3) is 0.500. The fourth-order valence-electron chi connectivity index (χ4n) is 5.07. The average molecular weight is 493 g/mol. The summed E-state index contributed by atoms with van der Waals surface area (Å²) in [5, 5.41) is 4.14. The zero-order valence-electron chi connectivity index (χ0n) is 20.8. The van der Waals surface area contributed by atoms with Crippen LogP contribution >= 0.6 is 11.3 Å². The number of nitrogens with zero attached hydrogens (tertiary/aromatic N) is 3. The average Bonchev–Trinajstić information content (AvgIpc) is 3.30. The molecule has 6 nitrogen and oxygen atoms in total. The maximum Gasteiger partial charge on any atom is 0.229 e. The number of anilines is 2. The van der Waals surface area contributed by atoms with Gasteiger partial charge in [0.2, 0.25) is 5.91 Å². The van der Waals surface area contributed by atoms with Gasteiger partial charge < -0.3 is 15.0 Å². The minimum Gasteiger partial charge on any atom is -0.494 e. The third kappa shape index (κ3) is 5.96. The quantitative estimate of drug-likeness (QED) is 0.453. The van der Waals surface area contributed by atoms with E-state index in [9.17, 15) is 4.79 Å². The van der Waals surface area contributed by atoms with Gasteiger partial charge >= 0.3 is 0 Å². The van der Waals surface area contributed by atoms with Gasteiger partial charge in [-0.1, -0.05) is 30.4 Å². The summed E-state index contributed by atoms with van der Waals surface area (Å²) in [5.74, 6) is 1.79. The van der Waals surface area contributed by atoms with Crippen molar-refractivity contribution in [3.63, 3.8) is 0 Å². The first kappa shape index (κ1) is 24.1. The Hall–Kier alpha value is -2.64. The summed E-state index contributed by atoms with van der Waals surface area (Å²) >= 11 is 1.68. The molecule has 1 atom stereocenters. The molecule has 1 N–H and O–H groups in total. The molecule has 2 fully saturated rings. The molecular weight excluding hydrogens is 456 g/mol. The van der Waals surface area contributed by atoms with Crippen molar-refractivity contribution >= 4 is 38.3 Å². The summed E-state index contributed by atoms with van der Waals surface area (Å²) in [7, 11) is 0. The number of benzene rings is 2. The van der Waals surface area contributed by atoms with Crippen molar-refractivity contribution in [1.82, 2.24) is 9.88 Å². The molecule has 0 aliphatic carbocycles. The molecule has 0 unspecified atom stereocenters. The third-order valence-electron chi connectivity index (χ3n) is 7.23. The molecule has 0 radical (unpaired) electrons. The Balaban J connectivity index is 1.17. The lowest BCUT2D eigenvalue weighted by molar-refractivity contribution is -0.120. The molecule has 2 aromatic carbocycles. The van der Waals surface area contributed by atoms with Crippen LogP contribution in [0.4, 0.5) is 10.8 Å². The molecule has 3 aromatic rings. The molecule has 7 heteroatoms. The lowest BCUT2D eigenvalue weighted by atomic mass is 9.97. The van der Waals surface area contributed by atoms with Crippen LogP contribution in [0.25, 0.3) is 10.2 Å². The van der Waals surface area contributed by atoms with Gasteiger partial charge in [0.05, 0.1) is 22.7 Å². The minimum absolute atomic E-state index is 0.0373. The Morgan fingerprint density at radius 3 is 2.69 bits per heavy atom. The van der Waals surface area contributed by atoms with E-state index < -0.39 is 0 Å². The van der Waals surface area contributed by atoms with E-state index in [1.165, 1.54) is 31.5 Å². The van der Waals surface area contributed by atoms with Gasteiger partial charge in [-0.15, -0.1) is 0 Å². The number of fused-ring (bicyclic) bond motifs is 1. The lowest BCUT2D eigenvalue weighted by Crippen LogP contribution is -2.40. The third-order valence-corrected chi connectivity index (χ3v) is 8.31. The minimum atomic E-state index is -0.0373. The van der Waals surface area contributed by atoms with Crippen LogP contribution < -0.4 is 15.0 Å². The molecule has 0 bridgehead atoms. The largest absolute Gasteiger partial charge is 0.494 e. The van der Waals surface area contributed by atoms with Gasteiger partial charge in [0.1, 0.15) is 5.75 Å². The summed E-state index contributed by atoms with van der Waals surface area (Å²) < 4.78 is 6.75. The zero-order valence-corrected chi connectivity index (χ0v) is 21.7. The molecule has 0 saturated carbocycles. The summed E-state index contributed by atoms with van der Waals surface area (Å²) in [4.78, 5) is 22.7. The highest BCUT2D eigenvalue weighted by atomic mass is 32.1. The van der Waals surface area contributed by atoms with Crippen LogP contribution in [0.15, 0.2) is 42.5 Å². The summed E-state index contributed by atoms with van der Waals surface area (Å²) in [6.45, 7) is 9.98. The molecule has 1 aromatic heterocycles. The SMILES string of the molecule is CCOc1ccc2nc(N3CCC[C@@H](C(=O)Nc4ccc(CN5CCC(C)CC5)cc4)C3)sc2c1. The first-order chi connectivity index (χ1) is 17.1. The number of aromatic nitrogens is 1. The Kier molecular flexibility index (Phi) is 7.54. The normalized spacial score (nSPS) is 19.7. The highest BCUT2D eigenvalue weighted by molar-refractivity contribution is 7.22. The Morgan fingerprint density at radius 1 is 1.11 bits per heavy atom. The number of hydrogen-bond acceptors (Lipinski definition) is 6. The maximum absolute atomic E-state index is 13.1. The predicted molar refractivity (Wildman–Crippen MR) is 144 cm³/mol. The second kappa shape index (κ2) is 11.0. The number of rotatable bonds is 7. The van der Waals surface area contributed by atoms with Gasteiger partial charge in [0, 0.05) is 25.3 Å². The number of hydrogen-bond donors (Lipinski definition) is 1. The smallest absolute Gasteiger partial charge is 0.229 e. The van der Waals surface area contributed by atoms with Crippen LogP contribution in [0.5, 0.6) is 5.75 Å². The van der Waals surface area contributed by atoms with Gasteiger partial charge in [-0.3, -0.25) is 9.69 Å². The number of nitrogens with one attached hydrogen (secondary N) is 1. The van der Waals surface area contributed by atoms with E-state index in [4.69, 9.17) is 9.72 Å². The number of carbonyl (C=O) groups excluding carboxylic acids is 1. The van der Waals surface area contributed by atoms with Crippen LogP contribution in [0.3, 0.4) is 0 Å². The Morgan fingerprint density at radius 2 is 1.91 bits per heavy atom. The van der Waals surface area contributed by atoms with Gasteiger partial charge in [-0.05, 0) is 87.5 Å². The molecule has 5 rings (SSSR count). The number of piperidine rings is 2. The van der Waals surface area contributed by atoms with Crippen LogP contribution in [-0.4, -0.2) is 48.6 Å². The monoisotopic (exact) mass is 492 g/mol.